The van der Waals surface area contributed by atoms with Crippen molar-refractivity contribution in [3.8, 4) is 5.75 Å². The molecule has 0 bridgehead atoms. The summed E-state index contributed by atoms with van der Waals surface area (Å²) >= 11 is 0. The van der Waals surface area contributed by atoms with Crippen molar-refractivity contribution in [3.63, 3.8) is 0 Å². The number of amides is 1. The Hall–Kier alpha value is -1.75. The monoisotopic (exact) mass is 388 g/mol. The van der Waals surface area contributed by atoms with Crippen LogP contribution in [0.2, 0.25) is 0 Å². The Labute approximate surface area is 169 Å². The Morgan fingerprint density at radius 2 is 1.89 bits per heavy atom. The summed E-state index contributed by atoms with van der Waals surface area (Å²) in [5.41, 5.74) is 0.691. The standard InChI is InChI=1S/C23H36N2O3/c1-2-3-10-17-27-22-14-7-5-12-20(22)24-23(26)28-21-13-6-4-11-19(21)18-25-15-8-9-16-25/h5,7,12,14,19,21H,2-4,6,8-11,13,15-18H2,1H3,(H,24,26)/t19-,21+/m0/s1. The molecule has 0 spiro atoms. The van der Waals surface area contributed by atoms with Crippen LogP contribution in [0.3, 0.4) is 0 Å². The molecule has 0 aromatic heterocycles. The second-order valence-corrected chi connectivity index (χ2v) is 8.17. The Kier molecular flexibility index (Phi) is 8.46. The first kappa shape index (κ1) is 21.0. The lowest BCUT2D eigenvalue weighted by Gasteiger charge is -2.33. The van der Waals surface area contributed by atoms with Crippen molar-refractivity contribution >= 4 is 11.8 Å². The molecule has 2 aliphatic rings. The molecule has 1 aliphatic carbocycles. The lowest BCUT2D eigenvalue weighted by atomic mass is 9.86. The van der Waals surface area contributed by atoms with Crippen molar-refractivity contribution in [1.29, 1.82) is 0 Å². The maximum absolute atomic E-state index is 12.6. The normalized spacial score (nSPS) is 22.8. The van der Waals surface area contributed by atoms with Gasteiger partial charge in [0.1, 0.15) is 11.9 Å². The molecule has 5 heteroatoms. The number of carbonyl (C=O) groups is 1. The smallest absolute Gasteiger partial charge is 0.412 e. The van der Waals surface area contributed by atoms with E-state index in [1.54, 1.807) is 0 Å². The van der Waals surface area contributed by atoms with Gasteiger partial charge in [-0.15, -0.1) is 0 Å². The third kappa shape index (κ3) is 6.40. The minimum absolute atomic E-state index is 0.0204. The molecule has 1 N–H and O–H groups in total. The number of likely N-dealkylation sites (tertiary alicyclic amines) is 1. The van der Waals surface area contributed by atoms with Gasteiger partial charge in [0.05, 0.1) is 12.3 Å². The van der Waals surface area contributed by atoms with Gasteiger partial charge < -0.3 is 14.4 Å². The van der Waals surface area contributed by atoms with Crippen LogP contribution in [0, 0.1) is 5.92 Å². The number of unbranched alkanes of at least 4 members (excludes halogenated alkanes) is 2. The van der Waals surface area contributed by atoms with Gasteiger partial charge in [0.25, 0.3) is 0 Å². The first-order valence-electron chi connectivity index (χ1n) is 11.2. The molecule has 28 heavy (non-hydrogen) atoms. The molecule has 2 atom stereocenters. The maximum Gasteiger partial charge on any atom is 0.412 e. The first-order valence-corrected chi connectivity index (χ1v) is 11.2. The number of hydrogen-bond acceptors (Lipinski definition) is 4. The van der Waals surface area contributed by atoms with E-state index in [9.17, 15) is 4.79 Å². The molecule has 1 amide bonds. The van der Waals surface area contributed by atoms with Crippen LogP contribution in [0.15, 0.2) is 24.3 Å². The zero-order chi connectivity index (χ0) is 19.6. The Balaban J connectivity index is 1.52. The predicted molar refractivity (Wildman–Crippen MR) is 113 cm³/mol. The predicted octanol–water partition coefficient (Wildman–Crippen LogP) is 5.46. The van der Waals surface area contributed by atoms with Crippen LogP contribution in [0.1, 0.15) is 64.7 Å². The minimum Gasteiger partial charge on any atom is -0.491 e. The first-order chi connectivity index (χ1) is 13.8. The van der Waals surface area contributed by atoms with Gasteiger partial charge in [-0.2, -0.15) is 0 Å². The van der Waals surface area contributed by atoms with Crippen molar-refractivity contribution < 1.29 is 14.3 Å². The summed E-state index contributed by atoms with van der Waals surface area (Å²) in [7, 11) is 0. The summed E-state index contributed by atoms with van der Waals surface area (Å²) < 4.78 is 11.7. The maximum atomic E-state index is 12.6. The number of anilines is 1. The summed E-state index contributed by atoms with van der Waals surface area (Å²) in [6.45, 7) is 6.29. The van der Waals surface area contributed by atoms with E-state index in [1.807, 2.05) is 24.3 Å². The third-order valence-electron chi connectivity index (χ3n) is 5.92. The van der Waals surface area contributed by atoms with Gasteiger partial charge in [-0.3, -0.25) is 5.32 Å². The summed E-state index contributed by atoms with van der Waals surface area (Å²) in [4.78, 5) is 15.1. The van der Waals surface area contributed by atoms with E-state index in [2.05, 4.69) is 17.1 Å². The molecule has 1 saturated heterocycles. The fourth-order valence-electron chi connectivity index (χ4n) is 4.34. The number of carbonyl (C=O) groups excluding carboxylic acids is 1. The number of hydrogen-bond donors (Lipinski definition) is 1. The van der Waals surface area contributed by atoms with E-state index in [0.717, 1.165) is 45.1 Å². The Morgan fingerprint density at radius 1 is 1.11 bits per heavy atom. The Bertz CT molecular complexity index is 601. The molecule has 2 fully saturated rings. The van der Waals surface area contributed by atoms with Crippen molar-refractivity contribution in [2.45, 2.75) is 70.8 Å². The highest BCUT2D eigenvalue weighted by Crippen LogP contribution is 2.30. The number of rotatable bonds is 9. The van der Waals surface area contributed by atoms with Crippen molar-refractivity contribution in [2.75, 3.05) is 31.6 Å². The highest BCUT2D eigenvalue weighted by molar-refractivity contribution is 5.86. The molecular formula is C23H36N2O3. The molecule has 1 aromatic carbocycles. The lowest BCUT2D eigenvalue weighted by molar-refractivity contribution is 0.0327. The summed E-state index contributed by atoms with van der Waals surface area (Å²) in [6.07, 6.45) is 10.1. The topological polar surface area (TPSA) is 50.8 Å². The Morgan fingerprint density at radius 3 is 2.71 bits per heavy atom. The van der Waals surface area contributed by atoms with Gasteiger partial charge in [0.15, 0.2) is 0 Å². The van der Waals surface area contributed by atoms with Crippen LogP contribution in [0.4, 0.5) is 10.5 Å². The van der Waals surface area contributed by atoms with Crippen molar-refractivity contribution in [3.05, 3.63) is 24.3 Å². The van der Waals surface area contributed by atoms with Crippen LogP contribution in [0.5, 0.6) is 5.75 Å². The second kappa shape index (κ2) is 11.3. The average Bonchev–Trinajstić information content (AvgIpc) is 3.21. The largest absolute Gasteiger partial charge is 0.491 e. The molecule has 1 heterocycles. The van der Waals surface area contributed by atoms with Gasteiger partial charge in [-0.1, -0.05) is 38.3 Å². The van der Waals surface area contributed by atoms with E-state index in [0.29, 0.717) is 24.0 Å². The fraction of sp³-hybridized carbons (Fsp3) is 0.696. The van der Waals surface area contributed by atoms with Gasteiger partial charge in [-0.05, 0) is 63.7 Å². The van der Waals surface area contributed by atoms with E-state index < -0.39 is 0 Å². The van der Waals surface area contributed by atoms with Gasteiger partial charge in [0, 0.05) is 12.5 Å². The molecule has 1 saturated carbocycles. The molecule has 1 aliphatic heterocycles. The molecule has 3 rings (SSSR count). The summed E-state index contributed by atoms with van der Waals surface area (Å²) in [5.74, 6) is 1.17. The third-order valence-corrected chi connectivity index (χ3v) is 5.92. The molecule has 0 radical (unpaired) electrons. The fourth-order valence-corrected chi connectivity index (χ4v) is 4.34. The SMILES string of the molecule is CCCCCOc1ccccc1NC(=O)O[C@@H]1CCCC[C@H]1CN1CCCC1. The average molecular weight is 389 g/mol. The zero-order valence-corrected chi connectivity index (χ0v) is 17.3. The van der Waals surface area contributed by atoms with Crippen molar-refractivity contribution in [1.82, 2.24) is 4.90 Å². The van der Waals surface area contributed by atoms with Crippen molar-refractivity contribution in [2.24, 2.45) is 5.92 Å². The number of benzene rings is 1. The molecule has 156 valence electrons. The molecule has 1 aromatic rings. The highest BCUT2D eigenvalue weighted by atomic mass is 16.6. The van der Waals surface area contributed by atoms with E-state index in [4.69, 9.17) is 9.47 Å². The molecule has 0 unspecified atom stereocenters. The number of nitrogens with zero attached hydrogens (tertiary/aromatic N) is 1. The number of para-hydroxylation sites is 2. The molecular weight excluding hydrogens is 352 g/mol. The minimum atomic E-state index is -0.358. The summed E-state index contributed by atoms with van der Waals surface area (Å²) in [5, 5.41) is 2.91. The van der Waals surface area contributed by atoms with Crippen LogP contribution < -0.4 is 10.1 Å². The van der Waals surface area contributed by atoms with Crippen LogP contribution in [-0.2, 0) is 4.74 Å². The van der Waals surface area contributed by atoms with Crippen LogP contribution >= 0.6 is 0 Å². The number of ether oxygens (including phenoxy) is 2. The quantitative estimate of drug-likeness (QED) is 0.571. The molecule has 5 nitrogen and oxygen atoms in total. The van der Waals surface area contributed by atoms with Crippen LogP contribution in [0.25, 0.3) is 0 Å². The number of nitrogens with one attached hydrogen (secondary N) is 1. The van der Waals surface area contributed by atoms with Gasteiger partial charge in [0.2, 0.25) is 0 Å². The highest BCUT2D eigenvalue weighted by Gasteiger charge is 2.30. The van der Waals surface area contributed by atoms with Crippen LogP contribution in [-0.4, -0.2) is 43.3 Å². The lowest BCUT2D eigenvalue weighted by Crippen LogP contribution is -2.38. The van der Waals surface area contributed by atoms with E-state index in [-0.39, 0.29) is 12.2 Å². The zero-order valence-electron chi connectivity index (χ0n) is 17.3. The van der Waals surface area contributed by atoms with Gasteiger partial charge >= 0.3 is 6.09 Å². The van der Waals surface area contributed by atoms with E-state index >= 15 is 0 Å². The van der Waals surface area contributed by atoms with Gasteiger partial charge in [-0.25, -0.2) is 4.79 Å². The van der Waals surface area contributed by atoms with E-state index in [1.165, 1.54) is 32.4 Å². The summed E-state index contributed by atoms with van der Waals surface area (Å²) in [6, 6.07) is 7.61. The second-order valence-electron chi connectivity index (χ2n) is 8.17.